The Hall–Kier alpha value is -1.44. The lowest BCUT2D eigenvalue weighted by Crippen LogP contribution is -2.53. The Morgan fingerprint density at radius 3 is 1.94 bits per heavy atom. The van der Waals surface area contributed by atoms with E-state index >= 15 is 0 Å². The second-order valence-corrected chi connectivity index (χ2v) is 11.6. The summed E-state index contributed by atoms with van der Waals surface area (Å²) < 4.78 is 28.2. The molecule has 0 radical (unpaired) electrons. The smallest absolute Gasteiger partial charge is 0.243 e. The van der Waals surface area contributed by atoms with E-state index in [1.165, 1.54) is 25.7 Å². The molecule has 1 aromatic rings. The van der Waals surface area contributed by atoms with Gasteiger partial charge in [0.05, 0.1) is 4.90 Å². The lowest BCUT2D eigenvalue weighted by atomic mass is 9.96. The van der Waals surface area contributed by atoms with Crippen molar-refractivity contribution in [2.45, 2.75) is 70.2 Å². The maximum absolute atomic E-state index is 13.3. The highest BCUT2D eigenvalue weighted by Crippen LogP contribution is 2.30. The number of aryl methyl sites for hydroxylation is 3. The van der Waals surface area contributed by atoms with Gasteiger partial charge in [-0.1, -0.05) is 30.5 Å². The van der Waals surface area contributed by atoms with Crippen molar-refractivity contribution >= 4 is 15.9 Å². The minimum atomic E-state index is -3.53. The Morgan fingerprint density at radius 1 is 0.839 bits per heavy atom. The van der Waals surface area contributed by atoms with E-state index in [4.69, 9.17) is 0 Å². The van der Waals surface area contributed by atoms with Crippen molar-refractivity contribution in [1.82, 2.24) is 14.1 Å². The summed E-state index contributed by atoms with van der Waals surface area (Å²) in [5.41, 5.74) is 2.68. The van der Waals surface area contributed by atoms with Crippen LogP contribution in [-0.2, 0) is 14.8 Å². The number of hydrogen-bond donors (Lipinski definition) is 0. The average molecular weight is 448 g/mol. The van der Waals surface area contributed by atoms with Crippen LogP contribution in [0.2, 0.25) is 0 Å². The van der Waals surface area contributed by atoms with E-state index in [2.05, 4.69) is 4.90 Å². The summed E-state index contributed by atoms with van der Waals surface area (Å²) in [7, 11) is -3.53. The lowest BCUT2D eigenvalue weighted by Gasteiger charge is -2.40. The van der Waals surface area contributed by atoms with Gasteiger partial charge in [0.1, 0.15) is 0 Å². The second-order valence-electron chi connectivity index (χ2n) is 9.71. The third kappa shape index (κ3) is 4.69. The number of hydrogen-bond acceptors (Lipinski definition) is 4. The van der Waals surface area contributed by atoms with Crippen molar-refractivity contribution in [3.63, 3.8) is 0 Å². The van der Waals surface area contributed by atoms with Crippen LogP contribution in [0.3, 0.4) is 0 Å². The average Bonchev–Trinajstić information content (AvgIpc) is 3.27. The minimum absolute atomic E-state index is 0.0512. The zero-order valence-corrected chi connectivity index (χ0v) is 20.1. The molecule has 3 aliphatic rings. The third-order valence-corrected chi connectivity index (χ3v) is 9.68. The fourth-order valence-corrected chi connectivity index (χ4v) is 7.76. The first-order chi connectivity index (χ1) is 14.8. The van der Waals surface area contributed by atoms with E-state index in [-0.39, 0.29) is 11.8 Å². The van der Waals surface area contributed by atoms with Crippen molar-refractivity contribution in [1.29, 1.82) is 0 Å². The van der Waals surface area contributed by atoms with Gasteiger partial charge in [0.2, 0.25) is 15.9 Å². The molecule has 3 fully saturated rings. The molecule has 1 amide bonds. The van der Waals surface area contributed by atoms with Crippen LogP contribution >= 0.6 is 0 Å². The van der Waals surface area contributed by atoms with Crippen LogP contribution in [0.25, 0.3) is 0 Å². The van der Waals surface area contributed by atoms with Crippen molar-refractivity contribution in [3.8, 4) is 0 Å². The van der Waals surface area contributed by atoms with Gasteiger partial charge in [0.25, 0.3) is 0 Å². The number of carbonyl (C=O) groups excluding carboxylic acids is 1. The van der Waals surface area contributed by atoms with E-state index in [1.54, 1.807) is 4.31 Å². The van der Waals surface area contributed by atoms with Gasteiger partial charge in [0, 0.05) is 51.2 Å². The zero-order chi connectivity index (χ0) is 22.2. The van der Waals surface area contributed by atoms with Crippen LogP contribution in [0.5, 0.6) is 0 Å². The predicted octanol–water partition coefficient (Wildman–Crippen LogP) is 3.10. The molecule has 0 atom stereocenters. The molecule has 2 saturated heterocycles. The summed E-state index contributed by atoms with van der Waals surface area (Å²) in [6, 6.07) is 4.59. The minimum Gasteiger partial charge on any atom is -0.340 e. The van der Waals surface area contributed by atoms with Crippen LogP contribution in [0.4, 0.5) is 0 Å². The number of piperazine rings is 1. The van der Waals surface area contributed by atoms with Gasteiger partial charge in [-0.2, -0.15) is 4.31 Å². The van der Waals surface area contributed by atoms with Crippen LogP contribution in [-0.4, -0.2) is 73.7 Å². The molecular weight excluding hydrogens is 410 g/mol. The molecule has 2 heterocycles. The van der Waals surface area contributed by atoms with Gasteiger partial charge in [-0.05, 0) is 57.6 Å². The maximum atomic E-state index is 13.3. The number of benzene rings is 1. The number of carbonyl (C=O) groups is 1. The SMILES string of the molecule is Cc1cc(C)c(S(=O)(=O)N2CCC(C(=O)N3CCN(C4CCCC4)CC3)CC2)c(C)c1. The molecule has 172 valence electrons. The molecule has 7 heteroatoms. The Morgan fingerprint density at radius 2 is 1.39 bits per heavy atom. The van der Waals surface area contributed by atoms with Gasteiger partial charge in [0.15, 0.2) is 0 Å². The molecule has 1 aromatic carbocycles. The third-order valence-electron chi connectivity index (χ3n) is 7.47. The van der Waals surface area contributed by atoms with Crippen molar-refractivity contribution in [2.24, 2.45) is 5.92 Å². The quantitative estimate of drug-likeness (QED) is 0.712. The topological polar surface area (TPSA) is 60.9 Å². The number of nitrogens with zero attached hydrogens (tertiary/aromatic N) is 3. The first-order valence-electron chi connectivity index (χ1n) is 11.9. The van der Waals surface area contributed by atoms with E-state index in [1.807, 2.05) is 37.8 Å². The summed E-state index contributed by atoms with van der Waals surface area (Å²) in [5, 5.41) is 0. The van der Waals surface area contributed by atoms with Crippen LogP contribution in [0, 0.1) is 26.7 Å². The summed E-state index contributed by atoms with van der Waals surface area (Å²) in [6.45, 7) is 10.2. The Balaban J connectivity index is 1.34. The Bertz CT molecular complexity index is 885. The lowest BCUT2D eigenvalue weighted by molar-refractivity contribution is -0.138. The molecule has 0 unspecified atom stereocenters. The number of amides is 1. The molecule has 0 aromatic heterocycles. The monoisotopic (exact) mass is 447 g/mol. The van der Waals surface area contributed by atoms with Gasteiger partial charge < -0.3 is 4.90 Å². The molecule has 2 aliphatic heterocycles. The number of sulfonamides is 1. The first-order valence-corrected chi connectivity index (χ1v) is 13.3. The summed E-state index contributed by atoms with van der Waals surface area (Å²) in [4.78, 5) is 18.1. The van der Waals surface area contributed by atoms with Crippen molar-refractivity contribution in [2.75, 3.05) is 39.3 Å². The molecule has 1 aliphatic carbocycles. The van der Waals surface area contributed by atoms with Crippen LogP contribution in [0.1, 0.15) is 55.2 Å². The van der Waals surface area contributed by atoms with Gasteiger partial charge >= 0.3 is 0 Å². The highest BCUT2D eigenvalue weighted by atomic mass is 32.2. The standard InChI is InChI=1S/C24H37N3O3S/c1-18-16-19(2)23(20(3)17-18)31(29,30)27-10-8-21(9-11-27)24(28)26-14-12-25(13-15-26)22-6-4-5-7-22/h16-17,21-22H,4-15H2,1-3H3. The Labute approximate surface area is 187 Å². The summed E-state index contributed by atoms with van der Waals surface area (Å²) >= 11 is 0. The van der Waals surface area contributed by atoms with Gasteiger partial charge in [-0.15, -0.1) is 0 Å². The van der Waals surface area contributed by atoms with Gasteiger partial charge in [-0.3, -0.25) is 9.69 Å². The largest absolute Gasteiger partial charge is 0.340 e. The Kier molecular flexibility index (Phi) is 6.75. The predicted molar refractivity (Wildman–Crippen MR) is 123 cm³/mol. The summed E-state index contributed by atoms with van der Waals surface area (Å²) in [6.07, 6.45) is 6.53. The fraction of sp³-hybridized carbons (Fsp3) is 0.708. The van der Waals surface area contributed by atoms with Crippen molar-refractivity contribution in [3.05, 3.63) is 28.8 Å². The van der Waals surface area contributed by atoms with Crippen molar-refractivity contribution < 1.29 is 13.2 Å². The number of piperidine rings is 1. The second kappa shape index (κ2) is 9.20. The molecule has 4 rings (SSSR count). The van der Waals surface area contributed by atoms with Gasteiger partial charge in [-0.25, -0.2) is 8.42 Å². The fourth-order valence-electron chi connectivity index (χ4n) is 5.88. The van der Waals surface area contributed by atoms with E-state index < -0.39 is 10.0 Å². The highest BCUT2D eigenvalue weighted by Gasteiger charge is 2.36. The molecule has 1 saturated carbocycles. The van der Waals surface area contributed by atoms with Crippen LogP contribution < -0.4 is 0 Å². The van der Waals surface area contributed by atoms with E-state index in [0.29, 0.717) is 30.8 Å². The highest BCUT2D eigenvalue weighted by molar-refractivity contribution is 7.89. The molecule has 0 bridgehead atoms. The molecule has 6 nitrogen and oxygen atoms in total. The molecular formula is C24H37N3O3S. The normalized spacial score (nSPS) is 22.9. The number of rotatable bonds is 4. The van der Waals surface area contributed by atoms with Crippen LogP contribution in [0.15, 0.2) is 17.0 Å². The summed E-state index contributed by atoms with van der Waals surface area (Å²) in [5.74, 6) is 0.176. The zero-order valence-electron chi connectivity index (χ0n) is 19.3. The molecule has 0 N–H and O–H groups in total. The van der Waals surface area contributed by atoms with E-state index in [9.17, 15) is 13.2 Å². The molecule has 0 spiro atoms. The van der Waals surface area contributed by atoms with E-state index in [0.717, 1.165) is 48.9 Å². The molecule has 31 heavy (non-hydrogen) atoms. The first kappa shape index (κ1) is 22.7. The maximum Gasteiger partial charge on any atom is 0.243 e.